The van der Waals surface area contributed by atoms with E-state index in [0.717, 1.165) is 32.4 Å². The van der Waals surface area contributed by atoms with Crippen LogP contribution in [-0.2, 0) is 17.3 Å². The van der Waals surface area contributed by atoms with Gasteiger partial charge in [-0.15, -0.1) is 13.2 Å². The molecule has 0 saturated carbocycles. The number of esters is 1. The van der Waals surface area contributed by atoms with Crippen molar-refractivity contribution >= 4 is 5.97 Å². The van der Waals surface area contributed by atoms with Gasteiger partial charge in [-0.1, -0.05) is 6.92 Å². The third kappa shape index (κ3) is 5.45. The van der Waals surface area contributed by atoms with Gasteiger partial charge in [-0.3, -0.25) is 0 Å². The van der Waals surface area contributed by atoms with E-state index in [1.165, 1.54) is 6.92 Å². The molecule has 0 unspecified atom stereocenters. The van der Waals surface area contributed by atoms with Crippen LogP contribution in [0.4, 0.5) is 26.3 Å². The highest BCUT2D eigenvalue weighted by molar-refractivity contribution is 5.90. The van der Waals surface area contributed by atoms with Crippen LogP contribution in [0.25, 0.3) is 0 Å². The molecular formula is C18H15F6NO5. The first-order valence-corrected chi connectivity index (χ1v) is 8.20. The second-order valence-electron chi connectivity index (χ2n) is 5.63. The van der Waals surface area contributed by atoms with E-state index in [4.69, 9.17) is 9.47 Å². The van der Waals surface area contributed by atoms with Gasteiger partial charge in [0.15, 0.2) is 22.9 Å². The Kier molecular flexibility index (Phi) is 6.68. The predicted octanol–water partition coefficient (Wildman–Crippen LogP) is 5.15. The van der Waals surface area contributed by atoms with Crippen molar-refractivity contribution in [1.29, 1.82) is 0 Å². The standard InChI is InChI=1S/C18H15F6NO5/c1-4-11-10(17(19,20)21)8-14(15(25-11)16(26)28-3)29-12-6-5-9(7-13(12)27-2)30-18(22,23)24/h5-8H,4H2,1-3H3. The van der Waals surface area contributed by atoms with E-state index in [1.54, 1.807) is 0 Å². The van der Waals surface area contributed by atoms with Crippen LogP contribution in [0.5, 0.6) is 23.0 Å². The summed E-state index contributed by atoms with van der Waals surface area (Å²) in [5.41, 5.74) is -2.08. The molecule has 0 N–H and O–H groups in total. The number of alkyl halides is 6. The number of nitrogens with zero attached hydrogens (tertiary/aromatic N) is 1. The van der Waals surface area contributed by atoms with Crippen molar-refractivity contribution in [2.75, 3.05) is 14.2 Å². The minimum Gasteiger partial charge on any atom is -0.493 e. The maximum Gasteiger partial charge on any atom is 0.573 e. The minimum absolute atomic E-state index is 0.133. The maximum atomic E-state index is 13.4. The molecule has 0 amide bonds. The number of rotatable bonds is 6. The molecule has 0 aliphatic rings. The Morgan fingerprint density at radius 1 is 1.00 bits per heavy atom. The highest BCUT2D eigenvalue weighted by Crippen LogP contribution is 2.40. The van der Waals surface area contributed by atoms with Crippen LogP contribution in [0.1, 0.15) is 28.7 Å². The van der Waals surface area contributed by atoms with Gasteiger partial charge in [0.05, 0.1) is 25.5 Å². The topological polar surface area (TPSA) is 66.9 Å². The molecule has 0 aliphatic heterocycles. The van der Waals surface area contributed by atoms with Gasteiger partial charge < -0.3 is 18.9 Å². The van der Waals surface area contributed by atoms with Gasteiger partial charge in [0, 0.05) is 6.07 Å². The van der Waals surface area contributed by atoms with Gasteiger partial charge in [-0.25, -0.2) is 9.78 Å². The molecule has 0 atom stereocenters. The largest absolute Gasteiger partial charge is 0.573 e. The summed E-state index contributed by atoms with van der Waals surface area (Å²) >= 11 is 0. The molecule has 0 aliphatic carbocycles. The van der Waals surface area contributed by atoms with Gasteiger partial charge in [0.2, 0.25) is 0 Å². The maximum absolute atomic E-state index is 13.4. The van der Waals surface area contributed by atoms with E-state index in [-0.39, 0.29) is 17.9 Å². The number of aryl methyl sites for hydroxylation is 1. The first-order chi connectivity index (χ1) is 13.9. The van der Waals surface area contributed by atoms with Crippen LogP contribution in [0, 0.1) is 0 Å². The molecule has 0 spiro atoms. The number of carbonyl (C=O) groups is 1. The number of carbonyl (C=O) groups excluding carboxylic acids is 1. The van der Waals surface area contributed by atoms with Gasteiger partial charge >= 0.3 is 18.5 Å². The number of aromatic nitrogens is 1. The molecule has 2 aromatic rings. The van der Waals surface area contributed by atoms with E-state index < -0.39 is 47.0 Å². The molecule has 164 valence electrons. The fraction of sp³-hybridized carbons (Fsp3) is 0.333. The number of benzene rings is 1. The Balaban J connectivity index is 2.56. The Bertz CT molecular complexity index is 927. The summed E-state index contributed by atoms with van der Waals surface area (Å²) in [7, 11) is 2.10. The van der Waals surface area contributed by atoms with E-state index in [9.17, 15) is 31.1 Å². The van der Waals surface area contributed by atoms with Crippen LogP contribution < -0.4 is 14.2 Å². The van der Waals surface area contributed by atoms with E-state index >= 15 is 0 Å². The monoisotopic (exact) mass is 439 g/mol. The van der Waals surface area contributed by atoms with Crippen molar-refractivity contribution < 1.29 is 50.1 Å². The molecule has 6 nitrogen and oxygen atoms in total. The smallest absolute Gasteiger partial charge is 0.493 e. The second-order valence-corrected chi connectivity index (χ2v) is 5.63. The van der Waals surface area contributed by atoms with Crippen LogP contribution in [0.3, 0.4) is 0 Å². The number of hydrogen-bond donors (Lipinski definition) is 0. The lowest BCUT2D eigenvalue weighted by Crippen LogP contribution is -2.17. The van der Waals surface area contributed by atoms with Crippen LogP contribution in [-0.4, -0.2) is 31.5 Å². The quantitative estimate of drug-likeness (QED) is 0.458. The van der Waals surface area contributed by atoms with Crippen molar-refractivity contribution in [3.63, 3.8) is 0 Å². The van der Waals surface area contributed by atoms with Gasteiger partial charge in [-0.05, 0) is 24.6 Å². The normalized spacial score (nSPS) is 11.8. The Hall–Kier alpha value is -3.18. The average molecular weight is 439 g/mol. The highest BCUT2D eigenvalue weighted by atomic mass is 19.4. The zero-order valence-corrected chi connectivity index (χ0v) is 15.8. The van der Waals surface area contributed by atoms with Crippen molar-refractivity contribution in [2.24, 2.45) is 0 Å². The lowest BCUT2D eigenvalue weighted by Gasteiger charge is -2.17. The van der Waals surface area contributed by atoms with Gasteiger partial charge in [0.1, 0.15) is 5.75 Å². The number of halogens is 6. The predicted molar refractivity (Wildman–Crippen MR) is 89.7 cm³/mol. The first kappa shape index (κ1) is 23.1. The lowest BCUT2D eigenvalue weighted by atomic mass is 10.1. The van der Waals surface area contributed by atoms with Gasteiger partial charge in [-0.2, -0.15) is 13.2 Å². The molecular weight excluding hydrogens is 424 g/mol. The first-order valence-electron chi connectivity index (χ1n) is 8.20. The zero-order valence-electron chi connectivity index (χ0n) is 15.8. The summed E-state index contributed by atoms with van der Waals surface area (Å²) in [6.45, 7) is 1.42. The van der Waals surface area contributed by atoms with E-state index in [0.29, 0.717) is 6.07 Å². The third-order valence-electron chi connectivity index (χ3n) is 3.67. The SMILES string of the molecule is CCc1nc(C(=O)OC)c(Oc2ccc(OC(F)(F)F)cc2OC)cc1C(F)(F)F. The van der Waals surface area contributed by atoms with Gasteiger partial charge in [0.25, 0.3) is 0 Å². The number of pyridine rings is 1. The summed E-state index contributed by atoms with van der Waals surface area (Å²) in [5, 5.41) is 0. The summed E-state index contributed by atoms with van der Waals surface area (Å²) in [6.07, 6.45) is -9.89. The van der Waals surface area contributed by atoms with Crippen molar-refractivity contribution in [1.82, 2.24) is 4.98 Å². The Labute approximate surface area is 166 Å². The summed E-state index contributed by atoms with van der Waals surface area (Å²) in [6, 6.07) is 3.22. The van der Waals surface area contributed by atoms with Crippen LogP contribution in [0.15, 0.2) is 24.3 Å². The fourth-order valence-corrected chi connectivity index (χ4v) is 2.42. The summed E-state index contributed by atoms with van der Waals surface area (Å²) in [5.74, 6) is -2.90. The average Bonchev–Trinajstić information content (AvgIpc) is 2.66. The number of hydrogen-bond acceptors (Lipinski definition) is 6. The van der Waals surface area contributed by atoms with Crippen molar-refractivity contribution in [3.05, 3.63) is 41.2 Å². The van der Waals surface area contributed by atoms with Crippen LogP contribution in [0.2, 0.25) is 0 Å². The lowest BCUT2D eigenvalue weighted by molar-refractivity contribution is -0.274. The molecule has 1 aromatic carbocycles. The minimum atomic E-state index is -4.97. The fourth-order valence-electron chi connectivity index (χ4n) is 2.42. The highest BCUT2D eigenvalue weighted by Gasteiger charge is 2.36. The molecule has 2 rings (SSSR count). The molecule has 12 heteroatoms. The summed E-state index contributed by atoms with van der Waals surface area (Å²) < 4.78 is 95.8. The summed E-state index contributed by atoms with van der Waals surface area (Å²) in [4.78, 5) is 15.7. The number of ether oxygens (including phenoxy) is 4. The number of methoxy groups -OCH3 is 2. The van der Waals surface area contributed by atoms with Crippen molar-refractivity contribution in [2.45, 2.75) is 25.9 Å². The molecule has 0 bridgehead atoms. The third-order valence-corrected chi connectivity index (χ3v) is 3.67. The van der Waals surface area contributed by atoms with Crippen molar-refractivity contribution in [3.8, 4) is 23.0 Å². The molecule has 30 heavy (non-hydrogen) atoms. The molecule has 0 saturated heterocycles. The molecule has 1 aromatic heterocycles. The molecule has 1 heterocycles. The van der Waals surface area contributed by atoms with E-state index in [1.807, 2.05) is 0 Å². The molecule has 0 fully saturated rings. The Morgan fingerprint density at radius 2 is 1.67 bits per heavy atom. The second kappa shape index (κ2) is 8.67. The van der Waals surface area contributed by atoms with Crippen LogP contribution >= 0.6 is 0 Å². The Morgan fingerprint density at radius 3 is 2.17 bits per heavy atom. The zero-order chi connectivity index (χ0) is 22.7. The molecule has 0 radical (unpaired) electrons. The van der Waals surface area contributed by atoms with E-state index in [2.05, 4.69) is 14.5 Å².